The molecule has 0 unspecified atom stereocenters. The lowest BCUT2D eigenvalue weighted by Crippen LogP contribution is -2.41. The van der Waals surface area contributed by atoms with Gasteiger partial charge in [-0.3, -0.25) is 9.59 Å². The molecule has 2 aromatic carbocycles. The Hall–Kier alpha value is -2.19. The zero-order valence-corrected chi connectivity index (χ0v) is 36.1. The number of benzene rings is 2. The van der Waals surface area contributed by atoms with Gasteiger partial charge in [-0.15, -0.1) is 0 Å². The maximum Gasteiger partial charge on any atom is 0.494 e. The molecule has 0 N–H and O–H groups in total. The summed E-state index contributed by atoms with van der Waals surface area (Å²) in [6, 6.07) is 15.2. The van der Waals surface area contributed by atoms with Gasteiger partial charge in [-0.05, 0) is 151 Å². The third-order valence-corrected chi connectivity index (χ3v) is 12.9. The van der Waals surface area contributed by atoms with Crippen molar-refractivity contribution in [2.24, 2.45) is 0 Å². The molecular formula is C40H60B3BrN2O8. The van der Waals surface area contributed by atoms with Gasteiger partial charge in [-0.2, -0.15) is 0 Å². The van der Waals surface area contributed by atoms with Crippen molar-refractivity contribution >= 4 is 54.3 Å². The molecule has 0 aromatic heterocycles. The lowest BCUT2D eigenvalue weighted by molar-refractivity contribution is 0.00578. The van der Waals surface area contributed by atoms with Gasteiger partial charge in [-0.1, -0.05) is 28.1 Å². The molecule has 5 aliphatic heterocycles. The van der Waals surface area contributed by atoms with Gasteiger partial charge < -0.3 is 37.7 Å². The van der Waals surface area contributed by atoms with E-state index in [2.05, 4.69) is 15.9 Å². The first-order valence-corrected chi connectivity index (χ1v) is 20.3. The molecule has 2 amide bonds. The van der Waals surface area contributed by atoms with E-state index in [4.69, 9.17) is 27.9 Å². The van der Waals surface area contributed by atoms with E-state index in [1.807, 2.05) is 141 Å². The quantitative estimate of drug-likeness (QED) is 0.301. The zero-order valence-electron chi connectivity index (χ0n) is 34.5. The molecule has 0 radical (unpaired) electrons. The molecule has 5 aliphatic rings. The van der Waals surface area contributed by atoms with Gasteiger partial charge in [0.05, 0.1) is 33.6 Å². The number of amides is 2. The zero-order chi connectivity index (χ0) is 39.9. The lowest BCUT2D eigenvalue weighted by Gasteiger charge is -2.32. The van der Waals surface area contributed by atoms with Crippen LogP contribution in [0.2, 0.25) is 0 Å². The Balaban J connectivity index is 0.000000160. The van der Waals surface area contributed by atoms with E-state index in [1.54, 1.807) is 0 Å². The summed E-state index contributed by atoms with van der Waals surface area (Å²) >= 11 is 3.35. The fraction of sp³-hybridized carbons (Fsp3) is 0.650. The lowest BCUT2D eigenvalue weighted by atomic mass is 9.49. The number of likely N-dealkylation sites (tertiary alicyclic amines) is 2. The van der Waals surface area contributed by atoms with Crippen molar-refractivity contribution in [2.45, 2.75) is 142 Å². The minimum absolute atomic E-state index is 0.123. The number of hydrogen-bond donors (Lipinski definition) is 0. The number of nitrogens with zero attached hydrogens (tertiary/aromatic N) is 2. The average molecular weight is 809 g/mol. The van der Waals surface area contributed by atoms with Crippen molar-refractivity contribution in [3.05, 3.63) is 64.1 Å². The second-order valence-corrected chi connectivity index (χ2v) is 18.9. The highest BCUT2D eigenvalue weighted by Gasteiger charge is 2.63. The van der Waals surface area contributed by atoms with E-state index in [-0.39, 0.29) is 52.5 Å². The summed E-state index contributed by atoms with van der Waals surface area (Å²) in [5, 5.41) is 0. The molecule has 0 aliphatic carbocycles. The first-order valence-electron chi connectivity index (χ1n) is 19.5. The number of carbonyl (C=O) groups excluding carboxylic acids is 2. The topological polar surface area (TPSA) is 96.0 Å². The maximum atomic E-state index is 12.3. The Morgan fingerprint density at radius 2 is 0.759 bits per heavy atom. The highest BCUT2D eigenvalue weighted by atomic mass is 79.9. The molecule has 5 heterocycles. The SMILES string of the molecule is CC1(C)OB(B2OC(C)(C)C(C)(C)O2)OC1(C)C.CC1(C)OB(c2ccc(C(=O)N3CCCC3)cc2)OC1(C)C.O=C(c1ccc(Br)cc1)N1CCCC1. The van der Waals surface area contributed by atoms with E-state index in [0.717, 1.165) is 72.9 Å². The Kier molecular flexibility index (Phi) is 12.7. The van der Waals surface area contributed by atoms with Crippen molar-refractivity contribution in [3.63, 3.8) is 0 Å². The first kappa shape index (κ1) is 42.9. The summed E-state index contributed by atoms with van der Waals surface area (Å²) in [6.45, 7) is 27.9. The Morgan fingerprint density at radius 1 is 0.481 bits per heavy atom. The first-order chi connectivity index (χ1) is 25.0. The summed E-state index contributed by atoms with van der Waals surface area (Å²) in [7, 11) is -1.33. The molecule has 54 heavy (non-hydrogen) atoms. The molecule has 2 aromatic rings. The molecule has 0 saturated carbocycles. The van der Waals surface area contributed by atoms with Gasteiger partial charge in [-0.25, -0.2) is 0 Å². The number of halogens is 1. The predicted molar refractivity (Wildman–Crippen MR) is 219 cm³/mol. The van der Waals surface area contributed by atoms with Crippen LogP contribution in [-0.4, -0.2) is 103 Å². The second-order valence-electron chi connectivity index (χ2n) is 18.0. The van der Waals surface area contributed by atoms with E-state index in [0.29, 0.717) is 0 Å². The normalized spacial score (nSPS) is 24.2. The van der Waals surface area contributed by atoms with E-state index in [1.165, 1.54) is 0 Å². The van der Waals surface area contributed by atoms with Gasteiger partial charge in [0, 0.05) is 41.8 Å². The van der Waals surface area contributed by atoms with Crippen molar-refractivity contribution in [1.29, 1.82) is 0 Å². The van der Waals surface area contributed by atoms with E-state index >= 15 is 0 Å². The minimum atomic E-state index is -0.476. The number of carbonyl (C=O) groups is 2. The molecule has 0 bridgehead atoms. The van der Waals surface area contributed by atoms with Gasteiger partial charge in [0.2, 0.25) is 0 Å². The van der Waals surface area contributed by atoms with Crippen LogP contribution in [0.15, 0.2) is 53.0 Å². The number of hydrogen-bond acceptors (Lipinski definition) is 8. The van der Waals surface area contributed by atoms with Crippen molar-refractivity contribution < 1.29 is 37.5 Å². The van der Waals surface area contributed by atoms with Gasteiger partial charge in [0.15, 0.2) is 0 Å². The summed E-state index contributed by atoms with van der Waals surface area (Å²) in [5.41, 5.74) is 0.350. The molecule has 294 valence electrons. The van der Waals surface area contributed by atoms with Gasteiger partial charge in [0.1, 0.15) is 0 Å². The molecule has 10 nitrogen and oxygen atoms in total. The average Bonchev–Trinajstić information content (AvgIpc) is 3.91. The third-order valence-electron chi connectivity index (χ3n) is 12.3. The van der Waals surface area contributed by atoms with Crippen LogP contribution in [0.3, 0.4) is 0 Å². The Labute approximate surface area is 333 Å². The number of rotatable bonds is 4. The summed E-state index contributed by atoms with van der Waals surface area (Å²) in [5.74, 6) is 0.285. The molecule has 7 rings (SSSR count). The molecule has 0 atom stereocenters. The molecule has 0 spiro atoms. The van der Waals surface area contributed by atoms with Crippen molar-refractivity contribution in [1.82, 2.24) is 9.80 Å². The summed E-state index contributed by atoms with van der Waals surface area (Å²) < 4.78 is 36.9. The highest BCUT2D eigenvalue weighted by Crippen LogP contribution is 2.43. The van der Waals surface area contributed by atoms with Crippen LogP contribution in [0, 0.1) is 0 Å². The van der Waals surface area contributed by atoms with E-state index < -0.39 is 14.0 Å². The molecule has 5 fully saturated rings. The smallest absolute Gasteiger partial charge is 0.405 e. The van der Waals surface area contributed by atoms with Crippen LogP contribution in [0.4, 0.5) is 0 Å². The van der Waals surface area contributed by atoms with Gasteiger partial charge in [0.25, 0.3) is 11.8 Å². The largest absolute Gasteiger partial charge is 0.494 e. The highest BCUT2D eigenvalue weighted by molar-refractivity contribution is 9.10. The third kappa shape index (κ3) is 9.33. The van der Waals surface area contributed by atoms with Crippen molar-refractivity contribution in [3.8, 4) is 0 Å². The van der Waals surface area contributed by atoms with Crippen LogP contribution in [-0.2, 0) is 27.9 Å². The van der Waals surface area contributed by atoms with Crippen LogP contribution < -0.4 is 5.46 Å². The maximum absolute atomic E-state index is 12.3. The fourth-order valence-electron chi connectivity index (χ4n) is 6.56. The van der Waals surface area contributed by atoms with E-state index in [9.17, 15) is 9.59 Å². The summed E-state index contributed by atoms with van der Waals surface area (Å²) in [6.07, 6.45) is 4.50. The Morgan fingerprint density at radius 3 is 1.07 bits per heavy atom. The van der Waals surface area contributed by atoms with Crippen LogP contribution in [0.1, 0.15) is 129 Å². The Bertz CT molecular complexity index is 1540. The van der Waals surface area contributed by atoms with Crippen LogP contribution in [0.5, 0.6) is 0 Å². The minimum Gasteiger partial charge on any atom is -0.405 e. The molecule has 14 heteroatoms. The van der Waals surface area contributed by atoms with Crippen LogP contribution >= 0.6 is 15.9 Å². The second kappa shape index (κ2) is 16.0. The van der Waals surface area contributed by atoms with Gasteiger partial charge >= 0.3 is 21.1 Å². The monoisotopic (exact) mass is 808 g/mol. The predicted octanol–water partition coefficient (Wildman–Crippen LogP) is 7.16. The fourth-order valence-corrected chi connectivity index (χ4v) is 6.82. The van der Waals surface area contributed by atoms with Crippen LogP contribution in [0.25, 0.3) is 0 Å². The molecular weight excluding hydrogens is 749 g/mol. The van der Waals surface area contributed by atoms with Crippen molar-refractivity contribution in [2.75, 3.05) is 26.2 Å². The standard InChI is InChI=1S/C17H24BNO3.C12H24B2O4.C11H12BrNO/c1-16(2)17(3,4)22-18(21-16)14-9-7-13(8-10-14)15(20)19-11-5-6-12-19;1-9(2)10(3,4)16-13(15-9)14-17-11(5,6)12(7,8)18-14;12-10-5-3-9(4-6-10)11(14)13-7-1-2-8-13/h7-10H,5-6,11-12H2,1-4H3;1-8H3;3-6H,1-2,7-8H2. The molecule has 5 saturated heterocycles. The summed E-state index contributed by atoms with van der Waals surface area (Å²) in [4.78, 5) is 28.1.